The second-order valence-electron chi connectivity index (χ2n) is 9.29. The number of hydrogen-bond acceptors (Lipinski definition) is 5. The molecule has 7 nitrogen and oxygen atoms in total. The van der Waals surface area contributed by atoms with Crippen molar-refractivity contribution in [1.29, 1.82) is 0 Å². The number of fused-ring (bicyclic) bond motifs is 1. The highest BCUT2D eigenvalue weighted by atomic mass is 16.5. The number of carbonyl (C=O) groups is 2. The standard InChI is InChI=1S/C29H33N3O4/c1-20(2)32(25-14-16-30-17-15-25)29(34)24(18-21-10-12-23(13-11-21)28(33)31-35)19-36-27-9-5-7-22-6-3-4-8-26(22)27/h3-13,18,20,25,30,35H,14-17,19H2,1-2H3,(H,31,33)/b24-18+. The Morgan fingerprint density at radius 1 is 1.06 bits per heavy atom. The van der Waals surface area contributed by atoms with Crippen molar-refractivity contribution in [2.24, 2.45) is 0 Å². The fraction of sp³-hybridized carbons (Fsp3) is 0.310. The van der Waals surface area contributed by atoms with Gasteiger partial charge >= 0.3 is 0 Å². The van der Waals surface area contributed by atoms with Gasteiger partial charge in [0.25, 0.3) is 11.8 Å². The predicted molar refractivity (Wildman–Crippen MR) is 141 cm³/mol. The van der Waals surface area contributed by atoms with Gasteiger partial charge in [-0.15, -0.1) is 0 Å². The molecule has 3 N–H and O–H groups in total. The molecule has 1 aliphatic rings. The summed E-state index contributed by atoms with van der Waals surface area (Å²) in [6.45, 7) is 5.99. The zero-order valence-electron chi connectivity index (χ0n) is 20.7. The molecule has 2 amide bonds. The molecule has 0 saturated carbocycles. The Hall–Kier alpha value is -3.68. The maximum atomic E-state index is 14.0. The van der Waals surface area contributed by atoms with E-state index in [-0.39, 0.29) is 24.6 Å². The van der Waals surface area contributed by atoms with E-state index >= 15 is 0 Å². The molecule has 188 valence electrons. The van der Waals surface area contributed by atoms with Crippen LogP contribution in [0.1, 0.15) is 42.6 Å². The third-order valence-electron chi connectivity index (χ3n) is 6.52. The minimum Gasteiger partial charge on any atom is -0.488 e. The Labute approximate surface area is 211 Å². The minimum absolute atomic E-state index is 0.0391. The molecule has 0 atom stereocenters. The Morgan fingerprint density at radius 3 is 2.44 bits per heavy atom. The van der Waals surface area contributed by atoms with Crippen LogP contribution in [0.3, 0.4) is 0 Å². The molecule has 36 heavy (non-hydrogen) atoms. The largest absolute Gasteiger partial charge is 0.488 e. The van der Waals surface area contributed by atoms with E-state index in [1.54, 1.807) is 29.7 Å². The van der Waals surface area contributed by atoms with Crippen molar-refractivity contribution in [2.45, 2.75) is 38.8 Å². The fourth-order valence-electron chi connectivity index (χ4n) is 4.71. The number of nitrogens with one attached hydrogen (secondary N) is 2. The molecule has 1 aliphatic heterocycles. The fourth-order valence-corrected chi connectivity index (χ4v) is 4.71. The third-order valence-corrected chi connectivity index (χ3v) is 6.52. The lowest BCUT2D eigenvalue weighted by Crippen LogP contribution is -2.50. The van der Waals surface area contributed by atoms with Crippen molar-refractivity contribution in [3.63, 3.8) is 0 Å². The highest BCUT2D eigenvalue weighted by Gasteiger charge is 2.29. The molecule has 7 heteroatoms. The number of amides is 2. The van der Waals surface area contributed by atoms with Crippen molar-refractivity contribution in [2.75, 3.05) is 19.7 Å². The minimum atomic E-state index is -0.585. The first-order valence-electron chi connectivity index (χ1n) is 12.4. The summed E-state index contributed by atoms with van der Waals surface area (Å²) in [5.41, 5.74) is 3.27. The van der Waals surface area contributed by atoms with Crippen LogP contribution < -0.4 is 15.5 Å². The molecular formula is C29H33N3O4. The van der Waals surface area contributed by atoms with Gasteiger partial charge in [0.1, 0.15) is 12.4 Å². The number of benzene rings is 3. The van der Waals surface area contributed by atoms with Gasteiger partial charge in [0, 0.05) is 23.0 Å². The predicted octanol–water partition coefficient (Wildman–Crippen LogP) is 4.41. The molecule has 0 unspecified atom stereocenters. The van der Waals surface area contributed by atoms with E-state index < -0.39 is 5.91 Å². The van der Waals surface area contributed by atoms with E-state index in [4.69, 9.17) is 9.94 Å². The van der Waals surface area contributed by atoms with E-state index in [2.05, 4.69) is 5.32 Å². The van der Waals surface area contributed by atoms with Gasteiger partial charge < -0.3 is 15.0 Å². The van der Waals surface area contributed by atoms with Gasteiger partial charge in [-0.2, -0.15) is 0 Å². The molecule has 0 radical (unpaired) electrons. The van der Waals surface area contributed by atoms with Crippen molar-refractivity contribution in [3.8, 4) is 5.75 Å². The summed E-state index contributed by atoms with van der Waals surface area (Å²) in [4.78, 5) is 27.6. The Bertz CT molecular complexity index is 1230. The number of nitrogens with zero attached hydrogens (tertiary/aromatic N) is 1. The number of hydrogen-bond donors (Lipinski definition) is 3. The summed E-state index contributed by atoms with van der Waals surface area (Å²) in [6.07, 6.45) is 3.64. The van der Waals surface area contributed by atoms with Crippen LogP contribution in [0.5, 0.6) is 5.75 Å². The normalized spacial score (nSPS) is 14.6. The summed E-state index contributed by atoms with van der Waals surface area (Å²) in [7, 11) is 0. The molecule has 1 fully saturated rings. The Morgan fingerprint density at radius 2 is 1.75 bits per heavy atom. The molecule has 3 aromatic carbocycles. The van der Waals surface area contributed by atoms with Crippen molar-refractivity contribution < 1.29 is 19.5 Å². The number of ether oxygens (including phenoxy) is 1. The smallest absolute Gasteiger partial charge is 0.274 e. The lowest BCUT2D eigenvalue weighted by atomic mass is 10.0. The number of hydroxylamine groups is 1. The summed E-state index contributed by atoms with van der Waals surface area (Å²) in [5, 5.41) is 14.3. The second-order valence-corrected chi connectivity index (χ2v) is 9.29. The zero-order valence-corrected chi connectivity index (χ0v) is 20.7. The molecular weight excluding hydrogens is 454 g/mol. The van der Waals surface area contributed by atoms with Crippen LogP contribution in [0.15, 0.2) is 72.3 Å². The first-order valence-corrected chi connectivity index (χ1v) is 12.4. The third kappa shape index (κ3) is 5.93. The summed E-state index contributed by atoms with van der Waals surface area (Å²) >= 11 is 0. The van der Waals surface area contributed by atoms with Crippen LogP contribution in [-0.4, -0.2) is 53.7 Å². The molecule has 1 heterocycles. The monoisotopic (exact) mass is 487 g/mol. The van der Waals surface area contributed by atoms with Crippen molar-refractivity contribution >= 4 is 28.7 Å². The van der Waals surface area contributed by atoms with Gasteiger partial charge in [-0.3, -0.25) is 14.8 Å². The first-order chi connectivity index (χ1) is 17.5. The number of carbonyl (C=O) groups excluding carboxylic acids is 2. The number of rotatable bonds is 8. The molecule has 0 aliphatic carbocycles. The van der Waals surface area contributed by atoms with E-state index in [1.807, 2.05) is 67.3 Å². The van der Waals surface area contributed by atoms with Gasteiger partial charge in [-0.1, -0.05) is 48.5 Å². The van der Waals surface area contributed by atoms with E-state index in [1.165, 1.54) is 0 Å². The Balaban J connectivity index is 1.66. The molecule has 3 aromatic rings. The molecule has 0 aromatic heterocycles. The highest BCUT2D eigenvalue weighted by molar-refractivity contribution is 5.99. The second kappa shape index (κ2) is 11.8. The van der Waals surface area contributed by atoms with Crippen LogP contribution in [0.2, 0.25) is 0 Å². The van der Waals surface area contributed by atoms with Gasteiger partial charge in [-0.25, -0.2) is 5.48 Å². The quantitative estimate of drug-likeness (QED) is 0.249. The summed E-state index contributed by atoms with van der Waals surface area (Å²) in [5.74, 6) is 0.0899. The van der Waals surface area contributed by atoms with E-state index in [0.717, 1.165) is 48.0 Å². The zero-order chi connectivity index (χ0) is 25.5. The van der Waals surface area contributed by atoms with Crippen LogP contribution in [0.4, 0.5) is 0 Å². The molecule has 0 spiro atoms. The van der Waals surface area contributed by atoms with E-state index in [0.29, 0.717) is 11.1 Å². The Kier molecular flexibility index (Phi) is 8.36. The molecule has 1 saturated heterocycles. The maximum Gasteiger partial charge on any atom is 0.274 e. The lowest BCUT2D eigenvalue weighted by Gasteiger charge is -2.38. The summed E-state index contributed by atoms with van der Waals surface area (Å²) < 4.78 is 6.25. The van der Waals surface area contributed by atoms with Crippen LogP contribution >= 0.6 is 0 Å². The van der Waals surface area contributed by atoms with Crippen molar-refractivity contribution in [3.05, 3.63) is 83.4 Å². The first kappa shape index (κ1) is 25.4. The topological polar surface area (TPSA) is 90.9 Å². The summed E-state index contributed by atoms with van der Waals surface area (Å²) in [6, 6.07) is 20.8. The molecule has 4 rings (SSSR count). The van der Waals surface area contributed by atoms with Crippen molar-refractivity contribution in [1.82, 2.24) is 15.7 Å². The average Bonchev–Trinajstić information content (AvgIpc) is 2.91. The van der Waals surface area contributed by atoms with Gasteiger partial charge in [0.05, 0.1) is 5.57 Å². The van der Waals surface area contributed by atoms with Gasteiger partial charge in [0.2, 0.25) is 0 Å². The van der Waals surface area contributed by atoms with Gasteiger partial charge in [0.15, 0.2) is 0 Å². The van der Waals surface area contributed by atoms with Crippen LogP contribution in [0.25, 0.3) is 16.8 Å². The average molecular weight is 488 g/mol. The van der Waals surface area contributed by atoms with Crippen LogP contribution in [0, 0.1) is 0 Å². The molecule has 0 bridgehead atoms. The van der Waals surface area contributed by atoms with Gasteiger partial charge in [-0.05, 0) is 75.0 Å². The SMILES string of the molecule is CC(C)N(C(=O)/C(=C/c1ccc(C(=O)NO)cc1)COc1cccc2ccccc12)C1CCNCC1. The number of piperidine rings is 1. The van der Waals surface area contributed by atoms with Crippen LogP contribution in [-0.2, 0) is 4.79 Å². The maximum absolute atomic E-state index is 14.0. The van der Waals surface area contributed by atoms with E-state index in [9.17, 15) is 9.59 Å². The highest BCUT2D eigenvalue weighted by Crippen LogP contribution is 2.27. The lowest BCUT2D eigenvalue weighted by molar-refractivity contribution is -0.132.